The Kier molecular flexibility index (Phi) is 10.2. The predicted molar refractivity (Wildman–Crippen MR) is 141 cm³/mol. The summed E-state index contributed by atoms with van der Waals surface area (Å²) >= 11 is 0. The van der Waals surface area contributed by atoms with Crippen LogP contribution in [0.5, 0.6) is 0 Å². The maximum Gasteiger partial charge on any atom is 0.305 e. The fourth-order valence-electron chi connectivity index (χ4n) is 4.72. The van der Waals surface area contributed by atoms with Crippen LogP contribution in [-0.4, -0.2) is 34.6 Å². The van der Waals surface area contributed by atoms with Gasteiger partial charge in [0.25, 0.3) is 10.0 Å². The average molecular weight is 501 g/mol. The smallest absolute Gasteiger partial charge is 0.305 e. The summed E-state index contributed by atoms with van der Waals surface area (Å²) in [5, 5.41) is 3.66. The minimum absolute atomic E-state index is 0.0849. The van der Waals surface area contributed by atoms with Gasteiger partial charge >= 0.3 is 5.97 Å². The van der Waals surface area contributed by atoms with Crippen molar-refractivity contribution in [1.82, 2.24) is 5.32 Å². The molecule has 0 fully saturated rings. The molecule has 0 radical (unpaired) electrons. The van der Waals surface area contributed by atoms with E-state index >= 15 is 0 Å². The molecule has 1 atom stereocenters. The Morgan fingerprint density at radius 2 is 1.60 bits per heavy atom. The van der Waals surface area contributed by atoms with Gasteiger partial charge in [-0.25, -0.2) is 8.42 Å². The number of carbonyl (C=O) groups is 1. The van der Waals surface area contributed by atoms with Gasteiger partial charge in [0.1, 0.15) is 0 Å². The summed E-state index contributed by atoms with van der Waals surface area (Å²) in [5.74, 6) is -0.0849. The van der Waals surface area contributed by atoms with Gasteiger partial charge in [-0.2, -0.15) is 0 Å². The molecule has 0 amide bonds. The van der Waals surface area contributed by atoms with Crippen molar-refractivity contribution in [2.24, 2.45) is 0 Å². The number of anilines is 1. The molecule has 35 heavy (non-hydrogen) atoms. The standard InChI is InChI=1S/C28H40N2O4S/c1-4-34-27(31)17-11-9-7-5-6-8-10-14-20-29-28-23-15-12-13-16-25(23)30(3)35(32,33)26-21-22(2)18-19-24(26)28/h12-13,15-16,18-19,21,28-29H,4-11,14,17,20H2,1-3H3. The van der Waals surface area contributed by atoms with E-state index < -0.39 is 10.0 Å². The van der Waals surface area contributed by atoms with Crippen molar-refractivity contribution in [1.29, 1.82) is 0 Å². The minimum Gasteiger partial charge on any atom is -0.466 e. The molecule has 1 aliphatic heterocycles. The summed E-state index contributed by atoms with van der Waals surface area (Å²) in [7, 11) is -1.98. The Labute approximate surface area is 211 Å². The van der Waals surface area contributed by atoms with Gasteiger partial charge in [0.15, 0.2) is 0 Å². The van der Waals surface area contributed by atoms with Crippen LogP contribution < -0.4 is 9.62 Å². The van der Waals surface area contributed by atoms with Crippen molar-refractivity contribution >= 4 is 21.7 Å². The molecule has 0 aliphatic carbocycles. The molecule has 1 heterocycles. The van der Waals surface area contributed by atoms with E-state index in [1.165, 1.54) is 23.6 Å². The van der Waals surface area contributed by atoms with Gasteiger partial charge in [-0.05, 0) is 62.1 Å². The van der Waals surface area contributed by atoms with Gasteiger partial charge in [-0.3, -0.25) is 9.10 Å². The Balaban J connectivity index is 1.50. The van der Waals surface area contributed by atoms with E-state index in [1.54, 1.807) is 13.1 Å². The average Bonchev–Trinajstić information content (AvgIpc) is 2.90. The molecule has 3 rings (SSSR count). The lowest BCUT2D eigenvalue weighted by molar-refractivity contribution is -0.143. The van der Waals surface area contributed by atoms with Gasteiger partial charge < -0.3 is 10.1 Å². The molecular weight excluding hydrogens is 460 g/mol. The van der Waals surface area contributed by atoms with Gasteiger partial charge in [0.05, 0.1) is 23.2 Å². The highest BCUT2D eigenvalue weighted by Crippen LogP contribution is 2.40. The summed E-state index contributed by atoms with van der Waals surface area (Å²) < 4.78 is 33.1. The predicted octanol–water partition coefficient (Wildman–Crippen LogP) is 5.89. The van der Waals surface area contributed by atoms with Crippen molar-refractivity contribution in [3.05, 3.63) is 59.2 Å². The second kappa shape index (κ2) is 13.1. The third-order valence-corrected chi connectivity index (χ3v) is 8.49. The van der Waals surface area contributed by atoms with Crippen molar-refractivity contribution in [2.75, 3.05) is 24.5 Å². The van der Waals surface area contributed by atoms with Crippen LogP contribution in [0, 0.1) is 6.92 Å². The van der Waals surface area contributed by atoms with Crippen LogP contribution in [0.4, 0.5) is 5.69 Å². The van der Waals surface area contributed by atoms with E-state index in [0.29, 0.717) is 17.9 Å². The fourth-order valence-corrected chi connectivity index (χ4v) is 6.26. The lowest BCUT2D eigenvalue weighted by Crippen LogP contribution is -2.26. The van der Waals surface area contributed by atoms with Crippen LogP contribution in [0.25, 0.3) is 0 Å². The van der Waals surface area contributed by atoms with Crippen molar-refractivity contribution < 1.29 is 17.9 Å². The van der Waals surface area contributed by atoms with Crippen molar-refractivity contribution in [3.63, 3.8) is 0 Å². The first-order chi connectivity index (χ1) is 16.9. The van der Waals surface area contributed by atoms with Crippen molar-refractivity contribution in [3.8, 4) is 0 Å². The number of carbonyl (C=O) groups excluding carboxylic acids is 1. The fraction of sp³-hybridized carbons (Fsp3) is 0.536. The van der Waals surface area contributed by atoms with E-state index in [1.807, 2.05) is 50.2 Å². The summed E-state index contributed by atoms with van der Waals surface area (Å²) in [6, 6.07) is 13.3. The molecule has 1 aliphatic rings. The Morgan fingerprint density at radius 1 is 0.943 bits per heavy atom. The maximum atomic E-state index is 13.4. The first kappa shape index (κ1) is 27.2. The highest BCUT2D eigenvalue weighted by atomic mass is 32.2. The Hall–Kier alpha value is -2.38. The molecule has 0 aromatic heterocycles. The molecule has 192 valence electrons. The molecule has 0 bridgehead atoms. The van der Waals surface area contributed by atoms with Crippen molar-refractivity contribution in [2.45, 2.75) is 82.6 Å². The molecule has 1 N–H and O–H groups in total. The number of rotatable bonds is 13. The zero-order valence-corrected chi connectivity index (χ0v) is 22.2. The third kappa shape index (κ3) is 7.07. The number of nitrogens with zero attached hydrogens (tertiary/aromatic N) is 1. The van der Waals surface area contributed by atoms with Gasteiger partial charge in [0, 0.05) is 13.5 Å². The first-order valence-electron chi connectivity index (χ1n) is 12.9. The zero-order chi connectivity index (χ0) is 25.3. The first-order valence-corrected chi connectivity index (χ1v) is 14.4. The van der Waals surface area contributed by atoms with Crippen LogP contribution in [0.3, 0.4) is 0 Å². The minimum atomic E-state index is -3.62. The van der Waals surface area contributed by atoms with E-state index in [9.17, 15) is 13.2 Å². The van der Waals surface area contributed by atoms with Crippen LogP contribution in [0.2, 0.25) is 0 Å². The molecule has 1 unspecified atom stereocenters. The summed E-state index contributed by atoms with van der Waals surface area (Å²) in [6.07, 6.45) is 9.47. The summed E-state index contributed by atoms with van der Waals surface area (Å²) in [6.45, 7) is 5.06. The summed E-state index contributed by atoms with van der Waals surface area (Å²) in [5.41, 5.74) is 3.47. The number of aryl methyl sites for hydroxylation is 1. The van der Waals surface area contributed by atoms with E-state index in [-0.39, 0.29) is 12.0 Å². The van der Waals surface area contributed by atoms with E-state index in [4.69, 9.17) is 4.74 Å². The monoisotopic (exact) mass is 500 g/mol. The van der Waals surface area contributed by atoms with E-state index in [0.717, 1.165) is 61.0 Å². The number of sulfonamides is 1. The summed E-state index contributed by atoms with van der Waals surface area (Å²) in [4.78, 5) is 11.7. The SMILES string of the molecule is CCOC(=O)CCCCCCCCCCNC1c2ccccc2N(C)S(=O)(=O)c2cc(C)ccc21. The van der Waals surface area contributed by atoms with Crippen LogP contribution in [-0.2, 0) is 19.6 Å². The number of unbranched alkanes of at least 4 members (excludes halogenated alkanes) is 7. The molecule has 2 aromatic carbocycles. The Bertz CT molecular complexity index is 1080. The number of para-hydroxylation sites is 1. The third-order valence-electron chi connectivity index (χ3n) is 6.67. The van der Waals surface area contributed by atoms with Crippen LogP contribution in [0.1, 0.15) is 87.4 Å². The van der Waals surface area contributed by atoms with Crippen LogP contribution in [0.15, 0.2) is 47.4 Å². The zero-order valence-electron chi connectivity index (χ0n) is 21.4. The largest absolute Gasteiger partial charge is 0.466 e. The molecule has 2 aromatic rings. The number of nitrogens with one attached hydrogen (secondary N) is 1. The van der Waals surface area contributed by atoms with Gasteiger partial charge in [-0.15, -0.1) is 0 Å². The molecule has 0 saturated heterocycles. The maximum absolute atomic E-state index is 13.4. The number of ether oxygens (including phenoxy) is 1. The Morgan fingerprint density at radius 3 is 2.31 bits per heavy atom. The topological polar surface area (TPSA) is 75.7 Å². The molecule has 7 heteroatoms. The van der Waals surface area contributed by atoms with E-state index in [2.05, 4.69) is 5.32 Å². The second-order valence-corrected chi connectivity index (χ2v) is 11.3. The number of hydrogen-bond donors (Lipinski definition) is 1. The number of hydrogen-bond acceptors (Lipinski definition) is 5. The van der Waals surface area contributed by atoms with Crippen LogP contribution >= 0.6 is 0 Å². The van der Waals surface area contributed by atoms with Gasteiger partial charge in [0.2, 0.25) is 0 Å². The normalized spacial score (nSPS) is 16.3. The highest BCUT2D eigenvalue weighted by Gasteiger charge is 2.34. The number of benzene rings is 2. The highest BCUT2D eigenvalue weighted by molar-refractivity contribution is 7.92. The molecule has 6 nitrogen and oxygen atoms in total. The molecular formula is C28H40N2O4S. The second-order valence-electron chi connectivity index (χ2n) is 9.34. The quantitative estimate of drug-likeness (QED) is 0.274. The number of fused-ring (bicyclic) bond motifs is 2. The number of esters is 1. The van der Waals surface area contributed by atoms with Gasteiger partial charge in [-0.1, -0.05) is 68.9 Å². The lowest BCUT2D eigenvalue weighted by Gasteiger charge is -2.22. The lowest BCUT2D eigenvalue weighted by atomic mass is 9.96. The molecule has 0 spiro atoms. The molecule has 0 saturated carbocycles.